The predicted octanol–water partition coefficient (Wildman–Crippen LogP) is -0.100. The molecule has 0 aliphatic carbocycles. The Kier molecular flexibility index (Phi) is 5.62. The molecule has 1 aromatic heterocycles. The second-order valence-electron chi connectivity index (χ2n) is 3.74. The quantitative estimate of drug-likeness (QED) is 0.507. The van der Waals surface area contributed by atoms with Crippen LogP contribution in [0.15, 0.2) is 6.33 Å². The van der Waals surface area contributed by atoms with Gasteiger partial charge in [-0.2, -0.15) is 5.10 Å². The molecule has 0 saturated heterocycles. The molecule has 0 saturated carbocycles. The Morgan fingerprint density at radius 2 is 2.33 bits per heavy atom. The molecule has 100 valence electrons. The molecule has 8 nitrogen and oxygen atoms in total. The number of aliphatic carboxylic acids is 1. The van der Waals surface area contributed by atoms with Gasteiger partial charge in [-0.15, -0.1) is 0 Å². The SMILES string of the molecule is CC[C@@H](NC(=O)NCCCc1ncn[nH]1)C(=O)O. The van der Waals surface area contributed by atoms with Gasteiger partial charge in [0.15, 0.2) is 0 Å². The third-order valence-electron chi connectivity index (χ3n) is 2.35. The average Bonchev–Trinajstić information content (AvgIpc) is 2.84. The number of amides is 2. The summed E-state index contributed by atoms with van der Waals surface area (Å²) < 4.78 is 0. The molecule has 1 atom stereocenters. The van der Waals surface area contributed by atoms with Gasteiger partial charge in [-0.1, -0.05) is 6.92 Å². The molecule has 2 amide bonds. The van der Waals surface area contributed by atoms with Crippen LogP contribution in [0.5, 0.6) is 0 Å². The minimum Gasteiger partial charge on any atom is -0.480 e. The molecular formula is C10H17N5O3. The minimum atomic E-state index is -1.03. The summed E-state index contributed by atoms with van der Waals surface area (Å²) in [5.74, 6) is -0.275. The number of carbonyl (C=O) groups excluding carboxylic acids is 1. The summed E-state index contributed by atoms with van der Waals surface area (Å²) in [5.41, 5.74) is 0. The summed E-state index contributed by atoms with van der Waals surface area (Å²) in [4.78, 5) is 26.0. The monoisotopic (exact) mass is 255 g/mol. The van der Waals surface area contributed by atoms with Gasteiger partial charge in [-0.3, -0.25) is 5.10 Å². The lowest BCUT2D eigenvalue weighted by Gasteiger charge is -2.12. The third kappa shape index (κ3) is 4.81. The zero-order valence-electron chi connectivity index (χ0n) is 10.1. The van der Waals surface area contributed by atoms with E-state index in [1.165, 1.54) is 6.33 Å². The van der Waals surface area contributed by atoms with E-state index in [9.17, 15) is 9.59 Å². The van der Waals surface area contributed by atoms with Crippen LogP contribution in [0, 0.1) is 0 Å². The maximum absolute atomic E-state index is 11.4. The van der Waals surface area contributed by atoms with Crippen molar-refractivity contribution in [3.63, 3.8) is 0 Å². The Balaban J connectivity index is 2.15. The summed E-state index contributed by atoms with van der Waals surface area (Å²) in [6.07, 6.45) is 3.15. The van der Waals surface area contributed by atoms with Crippen molar-refractivity contribution in [2.45, 2.75) is 32.2 Å². The van der Waals surface area contributed by atoms with Gasteiger partial charge < -0.3 is 15.7 Å². The van der Waals surface area contributed by atoms with Crippen LogP contribution in [0.2, 0.25) is 0 Å². The molecule has 0 aliphatic rings. The van der Waals surface area contributed by atoms with E-state index in [1.54, 1.807) is 6.92 Å². The van der Waals surface area contributed by atoms with Crippen molar-refractivity contribution in [2.24, 2.45) is 0 Å². The molecule has 0 radical (unpaired) electrons. The molecule has 0 bridgehead atoms. The largest absolute Gasteiger partial charge is 0.480 e. The lowest BCUT2D eigenvalue weighted by Crippen LogP contribution is -2.45. The number of aromatic nitrogens is 3. The third-order valence-corrected chi connectivity index (χ3v) is 2.35. The Bertz CT molecular complexity index is 379. The van der Waals surface area contributed by atoms with Crippen LogP contribution in [-0.4, -0.2) is 44.9 Å². The van der Waals surface area contributed by atoms with Gasteiger partial charge in [-0.25, -0.2) is 14.6 Å². The van der Waals surface area contributed by atoms with Gasteiger partial charge in [0, 0.05) is 13.0 Å². The first kappa shape index (κ1) is 13.9. The van der Waals surface area contributed by atoms with Crippen LogP contribution < -0.4 is 10.6 Å². The molecule has 0 unspecified atom stereocenters. The molecule has 1 aromatic rings. The van der Waals surface area contributed by atoms with Gasteiger partial charge in [0.25, 0.3) is 0 Å². The first-order valence-corrected chi connectivity index (χ1v) is 5.75. The van der Waals surface area contributed by atoms with E-state index >= 15 is 0 Å². The lowest BCUT2D eigenvalue weighted by atomic mass is 10.2. The van der Waals surface area contributed by atoms with E-state index in [2.05, 4.69) is 25.8 Å². The van der Waals surface area contributed by atoms with E-state index < -0.39 is 18.0 Å². The first-order valence-electron chi connectivity index (χ1n) is 5.75. The van der Waals surface area contributed by atoms with Crippen LogP contribution in [-0.2, 0) is 11.2 Å². The number of hydrogen-bond donors (Lipinski definition) is 4. The fourth-order valence-electron chi connectivity index (χ4n) is 1.36. The molecule has 1 heterocycles. The Labute approximate surface area is 104 Å². The summed E-state index contributed by atoms with van der Waals surface area (Å²) in [7, 11) is 0. The van der Waals surface area contributed by atoms with Crippen molar-refractivity contribution in [3.8, 4) is 0 Å². The molecule has 0 spiro atoms. The summed E-state index contributed by atoms with van der Waals surface area (Å²) in [6.45, 7) is 2.14. The van der Waals surface area contributed by atoms with Gasteiger partial charge >= 0.3 is 12.0 Å². The van der Waals surface area contributed by atoms with Crippen LogP contribution >= 0.6 is 0 Å². The van der Waals surface area contributed by atoms with Crippen molar-refractivity contribution >= 4 is 12.0 Å². The predicted molar refractivity (Wildman–Crippen MR) is 63.0 cm³/mol. The van der Waals surface area contributed by atoms with E-state index in [-0.39, 0.29) is 0 Å². The normalized spacial score (nSPS) is 11.8. The average molecular weight is 255 g/mol. The summed E-state index contributed by atoms with van der Waals surface area (Å²) >= 11 is 0. The molecule has 8 heteroatoms. The molecule has 1 rings (SSSR count). The maximum atomic E-state index is 11.4. The van der Waals surface area contributed by atoms with Crippen molar-refractivity contribution in [3.05, 3.63) is 12.2 Å². The zero-order chi connectivity index (χ0) is 13.4. The second kappa shape index (κ2) is 7.25. The maximum Gasteiger partial charge on any atom is 0.326 e. The van der Waals surface area contributed by atoms with Crippen LogP contribution in [0.3, 0.4) is 0 Å². The molecular weight excluding hydrogens is 238 g/mol. The molecule has 0 fully saturated rings. The van der Waals surface area contributed by atoms with Crippen LogP contribution in [0.4, 0.5) is 4.79 Å². The Morgan fingerprint density at radius 3 is 2.89 bits per heavy atom. The highest BCUT2D eigenvalue weighted by Gasteiger charge is 2.16. The van der Waals surface area contributed by atoms with Crippen molar-refractivity contribution < 1.29 is 14.7 Å². The highest BCUT2D eigenvalue weighted by molar-refractivity contribution is 5.82. The highest BCUT2D eigenvalue weighted by atomic mass is 16.4. The molecule has 18 heavy (non-hydrogen) atoms. The second-order valence-corrected chi connectivity index (χ2v) is 3.74. The minimum absolute atomic E-state index is 0.348. The van der Waals surface area contributed by atoms with E-state index in [0.29, 0.717) is 25.8 Å². The van der Waals surface area contributed by atoms with E-state index in [1.807, 2.05) is 0 Å². The Morgan fingerprint density at radius 1 is 1.56 bits per heavy atom. The van der Waals surface area contributed by atoms with Gasteiger partial charge in [0.1, 0.15) is 18.2 Å². The van der Waals surface area contributed by atoms with Gasteiger partial charge in [0.05, 0.1) is 0 Å². The summed E-state index contributed by atoms with van der Waals surface area (Å²) in [6, 6.07) is -1.32. The zero-order valence-corrected chi connectivity index (χ0v) is 10.1. The lowest BCUT2D eigenvalue weighted by molar-refractivity contribution is -0.139. The van der Waals surface area contributed by atoms with E-state index in [0.717, 1.165) is 5.82 Å². The topological polar surface area (TPSA) is 120 Å². The number of carbonyl (C=O) groups is 2. The number of aromatic amines is 1. The Hall–Kier alpha value is -2.12. The van der Waals surface area contributed by atoms with E-state index in [4.69, 9.17) is 5.11 Å². The standard InChI is InChI=1S/C10H17N5O3/c1-2-7(9(16)17)14-10(18)11-5-3-4-8-12-6-13-15-8/h6-7H,2-5H2,1H3,(H,16,17)(H2,11,14,18)(H,12,13,15)/t7-/m1/s1. The van der Waals surface area contributed by atoms with Crippen molar-refractivity contribution in [1.29, 1.82) is 0 Å². The number of carboxylic acid groups (broad SMARTS) is 1. The van der Waals surface area contributed by atoms with Gasteiger partial charge in [-0.05, 0) is 12.8 Å². The number of rotatable bonds is 7. The van der Waals surface area contributed by atoms with Gasteiger partial charge in [0.2, 0.25) is 0 Å². The molecule has 4 N–H and O–H groups in total. The summed E-state index contributed by atoms with van der Waals surface area (Å²) in [5, 5.41) is 20.1. The number of H-pyrrole nitrogens is 1. The fraction of sp³-hybridized carbons (Fsp3) is 0.600. The number of nitrogens with one attached hydrogen (secondary N) is 3. The van der Waals surface area contributed by atoms with Crippen LogP contribution in [0.1, 0.15) is 25.6 Å². The number of hydrogen-bond acceptors (Lipinski definition) is 4. The van der Waals surface area contributed by atoms with Crippen LogP contribution in [0.25, 0.3) is 0 Å². The number of urea groups is 1. The number of aryl methyl sites for hydroxylation is 1. The highest BCUT2D eigenvalue weighted by Crippen LogP contribution is 1.93. The van der Waals surface area contributed by atoms with Crippen molar-refractivity contribution in [1.82, 2.24) is 25.8 Å². The number of nitrogens with zero attached hydrogens (tertiary/aromatic N) is 2. The fourth-order valence-corrected chi connectivity index (χ4v) is 1.36. The molecule has 0 aliphatic heterocycles. The molecule has 0 aromatic carbocycles. The number of carboxylic acids is 1. The smallest absolute Gasteiger partial charge is 0.326 e. The first-order chi connectivity index (χ1) is 8.63. The van der Waals surface area contributed by atoms with Crippen molar-refractivity contribution in [2.75, 3.05) is 6.54 Å².